The molecule has 0 saturated heterocycles. The summed E-state index contributed by atoms with van der Waals surface area (Å²) in [6, 6.07) is 5.91. The predicted octanol–water partition coefficient (Wildman–Crippen LogP) is 2.71. The topological polar surface area (TPSA) is 68.0 Å². The number of aromatic carboxylic acids is 1. The molecule has 2 rings (SSSR count). The predicted molar refractivity (Wildman–Crippen MR) is 71.9 cm³/mol. The van der Waals surface area contributed by atoms with Gasteiger partial charge in [-0.1, -0.05) is 19.9 Å². The zero-order valence-corrected chi connectivity index (χ0v) is 11.5. The first-order chi connectivity index (χ1) is 8.90. The largest absolute Gasteiger partial charge is 0.475 e. The van der Waals surface area contributed by atoms with Crippen LogP contribution in [0.1, 0.15) is 47.3 Å². The van der Waals surface area contributed by atoms with Gasteiger partial charge in [-0.25, -0.2) is 14.5 Å². The molecule has 0 fully saturated rings. The number of carbonyl (C=O) groups is 1. The van der Waals surface area contributed by atoms with Gasteiger partial charge in [-0.15, -0.1) is 5.10 Å². The Bertz CT molecular complexity index is 630. The van der Waals surface area contributed by atoms with Gasteiger partial charge in [-0.3, -0.25) is 0 Å². The van der Waals surface area contributed by atoms with Crippen LogP contribution in [-0.4, -0.2) is 25.8 Å². The number of rotatable bonds is 3. The van der Waals surface area contributed by atoms with E-state index in [4.69, 9.17) is 5.11 Å². The minimum Gasteiger partial charge on any atom is -0.475 e. The van der Waals surface area contributed by atoms with Crippen LogP contribution in [0, 0.1) is 13.8 Å². The van der Waals surface area contributed by atoms with Gasteiger partial charge in [0.1, 0.15) is 5.82 Å². The lowest BCUT2D eigenvalue weighted by atomic mass is 10.1. The summed E-state index contributed by atoms with van der Waals surface area (Å²) in [6.45, 7) is 7.98. The fourth-order valence-electron chi connectivity index (χ4n) is 1.84. The van der Waals surface area contributed by atoms with E-state index >= 15 is 0 Å². The van der Waals surface area contributed by atoms with Crippen LogP contribution in [0.25, 0.3) is 5.69 Å². The second-order valence-electron chi connectivity index (χ2n) is 4.93. The molecular weight excluding hydrogens is 242 g/mol. The van der Waals surface area contributed by atoms with Crippen LogP contribution < -0.4 is 0 Å². The minimum absolute atomic E-state index is 0.0993. The molecule has 19 heavy (non-hydrogen) atoms. The Balaban J connectivity index is 2.59. The van der Waals surface area contributed by atoms with E-state index in [1.165, 1.54) is 5.56 Å². The third-order valence-corrected chi connectivity index (χ3v) is 3.07. The molecule has 0 atom stereocenters. The summed E-state index contributed by atoms with van der Waals surface area (Å²) in [4.78, 5) is 15.1. The van der Waals surface area contributed by atoms with E-state index in [1.54, 1.807) is 4.68 Å². The van der Waals surface area contributed by atoms with E-state index in [9.17, 15) is 4.79 Å². The summed E-state index contributed by atoms with van der Waals surface area (Å²) < 4.78 is 1.61. The number of hydrogen-bond donors (Lipinski definition) is 1. The standard InChI is InChI=1S/C14H17N3O2/c1-8(2)13-15-12(14(18)19)16-17(13)11-6-5-9(3)10(4)7-11/h5-8H,1-4H3,(H,18,19). The summed E-state index contributed by atoms with van der Waals surface area (Å²) in [7, 11) is 0. The quantitative estimate of drug-likeness (QED) is 0.920. The molecule has 1 heterocycles. The van der Waals surface area contributed by atoms with Crippen molar-refractivity contribution >= 4 is 5.97 Å². The van der Waals surface area contributed by atoms with Gasteiger partial charge >= 0.3 is 5.97 Å². The molecule has 0 radical (unpaired) electrons. The molecule has 0 aliphatic heterocycles. The van der Waals surface area contributed by atoms with Crippen LogP contribution >= 0.6 is 0 Å². The highest BCUT2D eigenvalue weighted by Crippen LogP contribution is 2.19. The molecule has 0 spiro atoms. The van der Waals surface area contributed by atoms with Crippen LogP contribution in [0.2, 0.25) is 0 Å². The molecule has 5 nitrogen and oxygen atoms in total. The van der Waals surface area contributed by atoms with Crippen molar-refractivity contribution in [2.75, 3.05) is 0 Å². The molecule has 5 heteroatoms. The van der Waals surface area contributed by atoms with E-state index in [1.807, 2.05) is 45.9 Å². The molecule has 1 aromatic carbocycles. The van der Waals surface area contributed by atoms with Crippen LogP contribution in [0.3, 0.4) is 0 Å². The van der Waals surface area contributed by atoms with E-state index in [-0.39, 0.29) is 11.7 Å². The molecule has 0 aliphatic rings. The first-order valence-electron chi connectivity index (χ1n) is 6.18. The van der Waals surface area contributed by atoms with E-state index in [2.05, 4.69) is 10.1 Å². The Kier molecular flexibility index (Phi) is 3.38. The maximum atomic E-state index is 11.0. The Morgan fingerprint density at radius 2 is 1.95 bits per heavy atom. The second-order valence-corrected chi connectivity index (χ2v) is 4.93. The first kappa shape index (κ1) is 13.3. The van der Waals surface area contributed by atoms with Crippen molar-refractivity contribution in [3.63, 3.8) is 0 Å². The molecule has 0 saturated carbocycles. The number of aromatic nitrogens is 3. The van der Waals surface area contributed by atoms with Gasteiger partial charge in [-0.2, -0.15) is 0 Å². The molecular formula is C14H17N3O2. The molecule has 0 bridgehead atoms. The van der Waals surface area contributed by atoms with E-state index < -0.39 is 5.97 Å². The molecule has 1 N–H and O–H groups in total. The molecule has 0 aliphatic carbocycles. The highest BCUT2D eigenvalue weighted by Gasteiger charge is 2.18. The number of hydrogen-bond acceptors (Lipinski definition) is 3. The lowest BCUT2D eigenvalue weighted by Crippen LogP contribution is -2.05. The Morgan fingerprint density at radius 3 is 2.47 bits per heavy atom. The summed E-state index contributed by atoms with van der Waals surface area (Å²) in [5.74, 6) is -0.519. The van der Waals surface area contributed by atoms with Crippen LogP contribution in [0.15, 0.2) is 18.2 Å². The fourth-order valence-corrected chi connectivity index (χ4v) is 1.84. The third kappa shape index (κ3) is 2.50. The van der Waals surface area contributed by atoms with Crippen molar-refractivity contribution in [1.82, 2.24) is 14.8 Å². The number of benzene rings is 1. The van der Waals surface area contributed by atoms with Crippen molar-refractivity contribution in [3.05, 3.63) is 41.0 Å². The molecule has 2 aromatic rings. The molecule has 0 unspecified atom stereocenters. The van der Waals surface area contributed by atoms with E-state index in [0.29, 0.717) is 5.82 Å². The highest BCUT2D eigenvalue weighted by atomic mass is 16.4. The Morgan fingerprint density at radius 1 is 1.26 bits per heavy atom. The zero-order chi connectivity index (χ0) is 14.2. The van der Waals surface area contributed by atoms with Gasteiger partial charge in [-0.05, 0) is 37.1 Å². The lowest BCUT2D eigenvalue weighted by molar-refractivity contribution is 0.0683. The minimum atomic E-state index is -1.11. The number of aryl methyl sites for hydroxylation is 2. The highest BCUT2D eigenvalue weighted by molar-refractivity contribution is 5.83. The Labute approximate surface area is 111 Å². The third-order valence-electron chi connectivity index (χ3n) is 3.07. The van der Waals surface area contributed by atoms with Gasteiger partial charge in [0.15, 0.2) is 0 Å². The summed E-state index contributed by atoms with van der Waals surface area (Å²) in [5.41, 5.74) is 3.17. The summed E-state index contributed by atoms with van der Waals surface area (Å²) >= 11 is 0. The van der Waals surface area contributed by atoms with Gasteiger partial charge < -0.3 is 5.11 Å². The summed E-state index contributed by atoms with van der Waals surface area (Å²) in [5, 5.41) is 13.1. The van der Waals surface area contributed by atoms with Crippen molar-refractivity contribution in [2.45, 2.75) is 33.6 Å². The molecule has 1 aromatic heterocycles. The van der Waals surface area contributed by atoms with Crippen molar-refractivity contribution in [3.8, 4) is 5.69 Å². The fraction of sp³-hybridized carbons (Fsp3) is 0.357. The SMILES string of the molecule is Cc1ccc(-n2nc(C(=O)O)nc2C(C)C)cc1C. The number of carboxylic acids is 1. The van der Waals surface area contributed by atoms with Gasteiger partial charge in [0.05, 0.1) is 5.69 Å². The molecule has 100 valence electrons. The first-order valence-corrected chi connectivity index (χ1v) is 6.18. The van der Waals surface area contributed by atoms with Crippen LogP contribution in [0.5, 0.6) is 0 Å². The second kappa shape index (κ2) is 4.84. The smallest absolute Gasteiger partial charge is 0.375 e. The number of nitrogens with zero attached hydrogens (tertiary/aromatic N) is 3. The molecule has 0 amide bonds. The van der Waals surface area contributed by atoms with Crippen molar-refractivity contribution < 1.29 is 9.90 Å². The monoisotopic (exact) mass is 259 g/mol. The number of carboxylic acid groups (broad SMARTS) is 1. The average molecular weight is 259 g/mol. The lowest BCUT2D eigenvalue weighted by Gasteiger charge is -2.09. The van der Waals surface area contributed by atoms with Gasteiger partial charge in [0, 0.05) is 5.92 Å². The maximum Gasteiger partial charge on any atom is 0.375 e. The maximum absolute atomic E-state index is 11.0. The summed E-state index contributed by atoms with van der Waals surface area (Å²) in [6.07, 6.45) is 0. The van der Waals surface area contributed by atoms with E-state index in [0.717, 1.165) is 11.3 Å². The van der Waals surface area contributed by atoms with Crippen LogP contribution in [0.4, 0.5) is 0 Å². The van der Waals surface area contributed by atoms with Gasteiger partial charge in [0.2, 0.25) is 0 Å². The Hall–Kier alpha value is -2.17. The normalized spacial score (nSPS) is 11.0. The zero-order valence-electron chi connectivity index (χ0n) is 11.5. The van der Waals surface area contributed by atoms with Crippen molar-refractivity contribution in [2.24, 2.45) is 0 Å². The average Bonchev–Trinajstić information content (AvgIpc) is 2.78. The van der Waals surface area contributed by atoms with Crippen molar-refractivity contribution in [1.29, 1.82) is 0 Å². The van der Waals surface area contributed by atoms with Crippen LogP contribution in [-0.2, 0) is 0 Å². The van der Waals surface area contributed by atoms with Gasteiger partial charge in [0.25, 0.3) is 5.82 Å².